The van der Waals surface area contributed by atoms with E-state index in [4.69, 9.17) is 4.52 Å². The van der Waals surface area contributed by atoms with Gasteiger partial charge in [-0.15, -0.1) is 0 Å². The first kappa shape index (κ1) is 12.2. The molecule has 18 heavy (non-hydrogen) atoms. The summed E-state index contributed by atoms with van der Waals surface area (Å²) in [5, 5.41) is 6.54. The number of hydrogen-bond acceptors (Lipinski definition) is 5. The summed E-state index contributed by atoms with van der Waals surface area (Å²) in [5.74, 6) is 0.874. The number of carbonyl (C=O) groups excluding carboxylic acids is 1. The summed E-state index contributed by atoms with van der Waals surface area (Å²) < 4.78 is 5.07. The second-order valence-corrected chi connectivity index (χ2v) is 3.68. The largest absolute Gasteiger partial charge is 0.356 e. The van der Waals surface area contributed by atoms with E-state index >= 15 is 0 Å². The summed E-state index contributed by atoms with van der Waals surface area (Å²) in [6.07, 6.45) is 2.45. The van der Waals surface area contributed by atoms with Gasteiger partial charge >= 0.3 is 0 Å². The van der Waals surface area contributed by atoms with Gasteiger partial charge in [0.2, 0.25) is 17.6 Å². The Morgan fingerprint density at radius 3 is 3.06 bits per heavy atom. The Morgan fingerprint density at radius 1 is 1.44 bits per heavy atom. The maximum atomic E-state index is 11.3. The number of hydrogen-bond donors (Lipinski definition) is 1. The quantitative estimate of drug-likeness (QED) is 0.857. The van der Waals surface area contributed by atoms with Gasteiger partial charge in [0.1, 0.15) is 5.69 Å². The van der Waals surface area contributed by atoms with E-state index < -0.39 is 0 Å². The zero-order chi connectivity index (χ0) is 12.8. The molecule has 1 N–H and O–H groups in total. The van der Waals surface area contributed by atoms with Gasteiger partial charge in [0.05, 0.1) is 0 Å². The monoisotopic (exact) mass is 246 g/mol. The van der Waals surface area contributed by atoms with E-state index in [1.807, 2.05) is 19.1 Å². The summed E-state index contributed by atoms with van der Waals surface area (Å²) in [6, 6.07) is 5.48. The summed E-state index contributed by atoms with van der Waals surface area (Å²) in [7, 11) is 0. The van der Waals surface area contributed by atoms with Crippen LogP contribution < -0.4 is 5.32 Å². The van der Waals surface area contributed by atoms with Gasteiger partial charge in [0.15, 0.2) is 0 Å². The van der Waals surface area contributed by atoms with Gasteiger partial charge in [0.25, 0.3) is 0 Å². The zero-order valence-electron chi connectivity index (χ0n) is 10.1. The number of rotatable bonds is 5. The molecule has 6 heteroatoms. The Balaban J connectivity index is 1.97. The minimum absolute atomic E-state index is 0.0184. The van der Waals surface area contributed by atoms with Crippen LogP contribution in [0, 0.1) is 0 Å². The van der Waals surface area contributed by atoms with Gasteiger partial charge < -0.3 is 9.84 Å². The van der Waals surface area contributed by atoms with Crippen LogP contribution in [-0.2, 0) is 11.2 Å². The molecule has 0 bridgehead atoms. The molecule has 6 nitrogen and oxygen atoms in total. The lowest BCUT2D eigenvalue weighted by Gasteiger charge is -1.98. The maximum Gasteiger partial charge on any atom is 0.227 e. The third kappa shape index (κ3) is 3.13. The fraction of sp³-hybridized carbons (Fsp3) is 0.333. The Bertz CT molecular complexity index is 510. The van der Waals surface area contributed by atoms with Crippen molar-refractivity contribution >= 4 is 5.91 Å². The second kappa shape index (κ2) is 5.90. The normalized spacial score (nSPS) is 10.3. The third-order valence-corrected chi connectivity index (χ3v) is 2.30. The summed E-state index contributed by atoms with van der Waals surface area (Å²) in [4.78, 5) is 19.6. The van der Waals surface area contributed by atoms with Crippen LogP contribution in [0.1, 0.15) is 19.2 Å². The highest BCUT2D eigenvalue weighted by atomic mass is 16.5. The first-order chi connectivity index (χ1) is 8.79. The van der Waals surface area contributed by atoms with Crippen molar-refractivity contribution in [3.63, 3.8) is 0 Å². The number of aromatic nitrogens is 3. The van der Waals surface area contributed by atoms with E-state index in [1.54, 1.807) is 12.3 Å². The van der Waals surface area contributed by atoms with Crippen LogP contribution in [0.15, 0.2) is 28.9 Å². The van der Waals surface area contributed by atoms with Crippen LogP contribution in [0.5, 0.6) is 0 Å². The minimum Gasteiger partial charge on any atom is -0.356 e. The van der Waals surface area contributed by atoms with Gasteiger partial charge in [-0.3, -0.25) is 9.78 Å². The minimum atomic E-state index is -0.0184. The van der Waals surface area contributed by atoms with Crippen molar-refractivity contribution in [2.45, 2.75) is 19.8 Å². The predicted molar refractivity (Wildman–Crippen MR) is 64.5 cm³/mol. The molecule has 0 saturated carbocycles. The topological polar surface area (TPSA) is 80.9 Å². The van der Waals surface area contributed by atoms with Crippen molar-refractivity contribution in [2.75, 3.05) is 6.54 Å². The summed E-state index contributed by atoms with van der Waals surface area (Å²) in [6.45, 7) is 2.51. The number of nitrogens with one attached hydrogen (secondary N) is 1. The predicted octanol–water partition coefficient (Wildman–Crippen LogP) is 1.20. The molecule has 2 rings (SSSR count). The fourth-order valence-corrected chi connectivity index (χ4v) is 1.46. The van der Waals surface area contributed by atoms with Crippen molar-refractivity contribution in [3.05, 3.63) is 30.3 Å². The molecule has 2 aromatic heterocycles. The molecule has 0 saturated heterocycles. The Morgan fingerprint density at radius 2 is 2.33 bits per heavy atom. The highest BCUT2D eigenvalue weighted by molar-refractivity contribution is 5.75. The SMILES string of the molecule is CCNC(=O)CCc1nc(-c2ccccn2)no1. The van der Waals surface area contributed by atoms with Crippen molar-refractivity contribution in [1.82, 2.24) is 20.4 Å². The van der Waals surface area contributed by atoms with Crippen LogP contribution in [-0.4, -0.2) is 27.6 Å². The van der Waals surface area contributed by atoms with Gasteiger partial charge in [-0.2, -0.15) is 4.98 Å². The van der Waals surface area contributed by atoms with Crippen LogP contribution in [0.25, 0.3) is 11.5 Å². The Labute approximate surface area is 104 Å². The van der Waals surface area contributed by atoms with E-state index in [9.17, 15) is 4.79 Å². The number of nitrogens with zero attached hydrogens (tertiary/aromatic N) is 3. The van der Waals surface area contributed by atoms with Gasteiger partial charge in [-0.05, 0) is 19.1 Å². The lowest BCUT2D eigenvalue weighted by Crippen LogP contribution is -2.22. The zero-order valence-corrected chi connectivity index (χ0v) is 10.1. The summed E-state index contributed by atoms with van der Waals surface area (Å²) >= 11 is 0. The van der Waals surface area contributed by atoms with Crippen LogP contribution in [0.3, 0.4) is 0 Å². The molecule has 0 spiro atoms. The van der Waals surface area contributed by atoms with Crippen molar-refractivity contribution in [3.8, 4) is 11.5 Å². The Hall–Kier alpha value is -2.24. The van der Waals surface area contributed by atoms with Crippen LogP contribution >= 0.6 is 0 Å². The molecule has 0 fully saturated rings. The molecule has 0 aliphatic carbocycles. The molecular weight excluding hydrogens is 232 g/mol. The van der Waals surface area contributed by atoms with Crippen LogP contribution in [0.4, 0.5) is 0 Å². The van der Waals surface area contributed by atoms with Crippen molar-refractivity contribution in [1.29, 1.82) is 0 Å². The van der Waals surface area contributed by atoms with Crippen molar-refractivity contribution in [2.24, 2.45) is 0 Å². The molecule has 94 valence electrons. The molecule has 0 aliphatic heterocycles. The van der Waals surface area contributed by atoms with E-state index in [2.05, 4.69) is 20.4 Å². The number of amides is 1. The summed E-state index contributed by atoms with van der Waals surface area (Å²) in [5.41, 5.74) is 0.658. The third-order valence-electron chi connectivity index (χ3n) is 2.30. The van der Waals surface area contributed by atoms with Crippen molar-refractivity contribution < 1.29 is 9.32 Å². The molecular formula is C12H14N4O2. The van der Waals surface area contributed by atoms with E-state index in [0.717, 1.165) is 0 Å². The maximum absolute atomic E-state index is 11.3. The van der Waals surface area contributed by atoms with Crippen LogP contribution in [0.2, 0.25) is 0 Å². The molecule has 2 heterocycles. The van der Waals surface area contributed by atoms with E-state index in [0.29, 0.717) is 36.8 Å². The number of carbonyl (C=O) groups is 1. The number of pyridine rings is 1. The number of aryl methyl sites for hydroxylation is 1. The molecule has 0 unspecified atom stereocenters. The molecule has 0 aromatic carbocycles. The van der Waals surface area contributed by atoms with E-state index in [-0.39, 0.29) is 5.91 Å². The van der Waals surface area contributed by atoms with Gasteiger partial charge in [0, 0.05) is 25.6 Å². The smallest absolute Gasteiger partial charge is 0.227 e. The Kier molecular flexibility index (Phi) is 4.01. The first-order valence-electron chi connectivity index (χ1n) is 5.80. The van der Waals surface area contributed by atoms with Gasteiger partial charge in [-0.1, -0.05) is 11.2 Å². The highest BCUT2D eigenvalue weighted by Gasteiger charge is 2.10. The second-order valence-electron chi connectivity index (χ2n) is 3.68. The molecule has 0 aliphatic rings. The average Bonchev–Trinajstić information content (AvgIpc) is 2.87. The highest BCUT2D eigenvalue weighted by Crippen LogP contribution is 2.12. The average molecular weight is 246 g/mol. The van der Waals surface area contributed by atoms with E-state index in [1.165, 1.54) is 0 Å². The standard InChI is InChI=1S/C12H14N4O2/c1-2-13-10(17)6-7-11-15-12(16-18-11)9-5-3-4-8-14-9/h3-5,8H,2,6-7H2,1H3,(H,13,17). The fourth-order valence-electron chi connectivity index (χ4n) is 1.46. The molecule has 1 amide bonds. The molecule has 0 atom stereocenters. The molecule has 0 radical (unpaired) electrons. The lowest BCUT2D eigenvalue weighted by atomic mass is 10.3. The van der Waals surface area contributed by atoms with Gasteiger partial charge in [-0.25, -0.2) is 0 Å². The lowest BCUT2D eigenvalue weighted by molar-refractivity contribution is -0.121. The first-order valence-corrected chi connectivity index (χ1v) is 5.80. The molecule has 2 aromatic rings.